The molecule has 21 heavy (non-hydrogen) atoms. The highest BCUT2D eigenvalue weighted by Crippen LogP contribution is 2.48. The molecule has 118 valence electrons. The van der Waals surface area contributed by atoms with Crippen LogP contribution < -0.4 is 5.73 Å². The molecule has 3 N–H and O–H groups in total. The number of aryl methyl sites for hydroxylation is 1. The van der Waals surface area contributed by atoms with Crippen LogP contribution in [-0.2, 0) is 0 Å². The Kier molecular flexibility index (Phi) is 5.05. The molecule has 1 unspecified atom stereocenters. The second-order valence-electron chi connectivity index (χ2n) is 7.08. The zero-order valence-electron chi connectivity index (χ0n) is 13.4. The van der Waals surface area contributed by atoms with E-state index in [1.54, 1.807) is 12.1 Å². The lowest BCUT2D eigenvalue weighted by Crippen LogP contribution is -2.41. The molecule has 0 radical (unpaired) electrons. The quantitative estimate of drug-likeness (QED) is 0.882. The summed E-state index contributed by atoms with van der Waals surface area (Å²) >= 11 is 0. The van der Waals surface area contributed by atoms with Gasteiger partial charge in [-0.2, -0.15) is 0 Å². The first-order valence-corrected chi connectivity index (χ1v) is 8.04. The molecule has 0 saturated heterocycles. The molecule has 1 aromatic carbocycles. The highest BCUT2D eigenvalue weighted by molar-refractivity contribution is 5.27. The van der Waals surface area contributed by atoms with Gasteiger partial charge in [0.1, 0.15) is 5.82 Å². The van der Waals surface area contributed by atoms with Gasteiger partial charge in [0.05, 0.1) is 6.10 Å². The molecule has 0 bridgehead atoms. The van der Waals surface area contributed by atoms with Gasteiger partial charge in [0, 0.05) is 17.5 Å². The van der Waals surface area contributed by atoms with Crippen LogP contribution in [0.4, 0.5) is 4.39 Å². The third kappa shape index (κ3) is 3.29. The van der Waals surface area contributed by atoms with Gasteiger partial charge in [0.25, 0.3) is 0 Å². The maximum atomic E-state index is 14.1. The summed E-state index contributed by atoms with van der Waals surface area (Å²) in [5, 5.41) is 10.8. The highest BCUT2D eigenvalue weighted by Gasteiger charge is 2.42. The SMILES string of the molecule is Cc1ccc(F)c(C(O)C2(CN)CCC(C(C)C)CC2)c1. The van der Waals surface area contributed by atoms with Gasteiger partial charge in [-0.25, -0.2) is 4.39 Å². The maximum Gasteiger partial charge on any atom is 0.129 e. The molecule has 1 fully saturated rings. The first kappa shape index (κ1) is 16.4. The summed E-state index contributed by atoms with van der Waals surface area (Å²) in [6.45, 7) is 6.82. The van der Waals surface area contributed by atoms with Crippen molar-refractivity contribution in [3.63, 3.8) is 0 Å². The summed E-state index contributed by atoms with van der Waals surface area (Å²) < 4.78 is 14.1. The van der Waals surface area contributed by atoms with E-state index < -0.39 is 6.10 Å². The van der Waals surface area contributed by atoms with E-state index in [2.05, 4.69) is 13.8 Å². The molecule has 2 nitrogen and oxygen atoms in total. The molecule has 1 atom stereocenters. The Morgan fingerprint density at radius 3 is 2.48 bits per heavy atom. The third-order valence-electron chi connectivity index (χ3n) is 5.40. The Morgan fingerprint density at radius 2 is 1.95 bits per heavy atom. The fourth-order valence-corrected chi connectivity index (χ4v) is 3.67. The molecular weight excluding hydrogens is 265 g/mol. The minimum Gasteiger partial charge on any atom is -0.388 e. The average Bonchev–Trinajstić information content (AvgIpc) is 2.49. The highest BCUT2D eigenvalue weighted by atomic mass is 19.1. The second kappa shape index (κ2) is 6.45. The van der Waals surface area contributed by atoms with Crippen molar-refractivity contribution in [2.24, 2.45) is 23.0 Å². The average molecular weight is 293 g/mol. The van der Waals surface area contributed by atoms with Crippen LogP contribution in [0.25, 0.3) is 0 Å². The zero-order chi connectivity index (χ0) is 15.6. The van der Waals surface area contributed by atoms with Crippen LogP contribution in [0.2, 0.25) is 0 Å². The lowest BCUT2D eigenvalue weighted by molar-refractivity contribution is -0.0168. The number of hydrogen-bond donors (Lipinski definition) is 2. The van der Waals surface area contributed by atoms with Crippen molar-refractivity contribution >= 4 is 0 Å². The van der Waals surface area contributed by atoms with Crippen molar-refractivity contribution in [2.45, 2.75) is 52.6 Å². The Bertz CT molecular complexity index is 478. The van der Waals surface area contributed by atoms with E-state index in [-0.39, 0.29) is 11.2 Å². The van der Waals surface area contributed by atoms with E-state index in [0.717, 1.165) is 31.2 Å². The largest absolute Gasteiger partial charge is 0.388 e. The van der Waals surface area contributed by atoms with Gasteiger partial charge in [0.2, 0.25) is 0 Å². The van der Waals surface area contributed by atoms with Crippen molar-refractivity contribution in [2.75, 3.05) is 6.54 Å². The summed E-state index contributed by atoms with van der Waals surface area (Å²) in [6, 6.07) is 4.93. The molecule has 0 aromatic heterocycles. The van der Waals surface area contributed by atoms with Gasteiger partial charge < -0.3 is 10.8 Å². The number of hydrogen-bond acceptors (Lipinski definition) is 2. The molecule has 0 amide bonds. The van der Waals surface area contributed by atoms with Crippen LogP contribution in [0.15, 0.2) is 18.2 Å². The van der Waals surface area contributed by atoms with Gasteiger partial charge in [-0.3, -0.25) is 0 Å². The Morgan fingerprint density at radius 1 is 1.33 bits per heavy atom. The standard InChI is InChI=1S/C18H28FNO/c1-12(2)14-6-8-18(11-20,9-7-14)17(21)15-10-13(3)4-5-16(15)19/h4-5,10,12,14,17,21H,6-9,11,20H2,1-3H3. The Balaban J connectivity index is 2.23. The summed E-state index contributed by atoms with van der Waals surface area (Å²) in [7, 11) is 0. The molecule has 1 aromatic rings. The number of nitrogens with two attached hydrogens (primary N) is 1. The van der Waals surface area contributed by atoms with Crippen molar-refractivity contribution in [3.8, 4) is 0 Å². The molecule has 3 heteroatoms. The van der Waals surface area contributed by atoms with Crippen LogP contribution >= 0.6 is 0 Å². The lowest BCUT2D eigenvalue weighted by atomic mass is 9.64. The normalized spacial score (nSPS) is 27.9. The van der Waals surface area contributed by atoms with Crippen LogP contribution in [0.1, 0.15) is 56.8 Å². The fraction of sp³-hybridized carbons (Fsp3) is 0.667. The van der Waals surface area contributed by atoms with E-state index in [1.807, 2.05) is 6.92 Å². The number of benzene rings is 1. The van der Waals surface area contributed by atoms with Crippen molar-refractivity contribution in [3.05, 3.63) is 35.1 Å². The van der Waals surface area contributed by atoms with Crippen LogP contribution in [-0.4, -0.2) is 11.7 Å². The minimum atomic E-state index is -0.810. The number of aliphatic hydroxyl groups excluding tert-OH is 1. The summed E-state index contributed by atoms with van der Waals surface area (Å²) in [5.74, 6) is 1.03. The van der Waals surface area contributed by atoms with Gasteiger partial charge in [0.15, 0.2) is 0 Å². The van der Waals surface area contributed by atoms with E-state index in [9.17, 15) is 9.50 Å². The van der Waals surface area contributed by atoms with Crippen molar-refractivity contribution in [1.82, 2.24) is 0 Å². The lowest BCUT2D eigenvalue weighted by Gasteiger charge is -2.44. The third-order valence-corrected chi connectivity index (χ3v) is 5.40. The van der Waals surface area contributed by atoms with Crippen LogP contribution in [0, 0.1) is 30.0 Å². The van der Waals surface area contributed by atoms with Gasteiger partial charge in [-0.05, 0) is 50.5 Å². The van der Waals surface area contributed by atoms with Gasteiger partial charge in [-0.15, -0.1) is 0 Å². The molecule has 0 aliphatic heterocycles. The van der Waals surface area contributed by atoms with Crippen molar-refractivity contribution in [1.29, 1.82) is 0 Å². The Labute approximate surface area is 127 Å². The monoisotopic (exact) mass is 293 g/mol. The predicted molar refractivity (Wildman–Crippen MR) is 84.4 cm³/mol. The summed E-state index contributed by atoms with van der Waals surface area (Å²) in [4.78, 5) is 0. The molecule has 0 spiro atoms. The number of halogens is 1. The zero-order valence-corrected chi connectivity index (χ0v) is 13.4. The van der Waals surface area contributed by atoms with Crippen LogP contribution in [0.3, 0.4) is 0 Å². The molecule has 0 heterocycles. The molecule has 1 aliphatic rings. The predicted octanol–water partition coefficient (Wildman–Crippen LogP) is 3.96. The first-order chi connectivity index (χ1) is 9.89. The van der Waals surface area contributed by atoms with Crippen LogP contribution in [0.5, 0.6) is 0 Å². The summed E-state index contributed by atoms with van der Waals surface area (Å²) in [5.41, 5.74) is 7.00. The van der Waals surface area contributed by atoms with E-state index in [1.165, 1.54) is 6.07 Å². The molecular formula is C18H28FNO. The van der Waals surface area contributed by atoms with Gasteiger partial charge in [-0.1, -0.05) is 31.5 Å². The van der Waals surface area contributed by atoms with E-state index in [0.29, 0.717) is 23.9 Å². The maximum absolute atomic E-state index is 14.1. The smallest absolute Gasteiger partial charge is 0.129 e. The van der Waals surface area contributed by atoms with Crippen molar-refractivity contribution < 1.29 is 9.50 Å². The molecule has 2 rings (SSSR count). The number of aliphatic hydroxyl groups is 1. The minimum absolute atomic E-state index is 0.327. The first-order valence-electron chi connectivity index (χ1n) is 8.04. The summed E-state index contributed by atoms with van der Waals surface area (Å²) in [6.07, 6.45) is 3.08. The number of rotatable bonds is 4. The molecule has 1 aliphatic carbocycles. The molecule has 1 saturated carbocycles. The second-order valence-corrected chi connectivity index (χ2v) is 7.08. The topological polar surface area (TPSA) is 46.2 Å². The Hall–Kier alpha value is -0.930. The van der Waals surface area contributed by atoms with E-state index >= 15 is 0 Å². The fourth-order valence-electron chi connectivity index (χ4n) is 3.67. The van der Waals surface area contributed by atoms with E-state index in [4.69, 9.17) is 5.73 Å². The van der Waals surface area contributed by atoms with Gasteiger partial charge >= 0.3 is 0 Å².